The molecule has 0 aliphatic carbocycles. The molecule has 2 N–H and O–H groups in total. The summed E-state index contributed by atoms with van der Waals surface area (Å²) in [6.07, 6.45) is 0. The van der Waals surface area contributed by atoms with Gasteiger partial charge in [0.1, 0.15) is 5.75 Å². The zero-order valence-corrected chi connectivity index (χ0v) is 15.2. The van der Waals surface area contributed by atoms with Crippen molar-refractivity contribution >= 4 is 34.8 Å². The highest BCUT2D eigenvalue weighted by atomic mass is 16.6. The van der Waals surface area contributed by atoms with Gasteiger partial charge in [0.25, 0.3) is 23.4 Å². The lowest BCUT2D eigenvalue weighted by Crippen LogP contribution is -2.29. The summed E-state index contributed by atoms with van der Waals surface area (Å²) < 4.78 is 0. The minimum atomic E-state index is -0.676. The summed E-state index contributed by atoms with van der Waals surface area (Å²) in [4.78, 5) is 48.8. The van der Waals surface area contributed by atoms with E-state index >= 15 is 0 Å². The lowest BCUT2D eigenvalue weighted by Gasteiger charge is -2.14. The highest BCUT2D eigenvalue weighted by Crippen LogP contribution is 2.31. The van der Waals surface area contributed by atoms with Crippen LogP contribution in [0.4, 0.5) is 17.1 Å². The van der Waals surface area contributed by atoms with E-state index in [-0.39, 0.29) is 39.5 Å². The van der Waals surface area contributed by atoms with Crippen molar-refractivity contribution in [1.29, 1.82) is 0 Å². The number of imide groups is 1. The maximum Gasteiger partial charge on any atom is 0.270 e. The molecule has 3 aromatic carbocycles. The average molecular weight is 403 g/mol. The first-order valence-electron chi connectivity index (χ1n) is 8.73. The maximum atomic E-state index is 12.7. The number of aromatic hydroxyl groups is 1. The third-order valence-electron chi connectivity index (χ3n) is 4.62. The van der Waals surface area contributed by atoms with Gasteiger partial charge < -0.3 is 10.4 Å². The predicted molar refractivity (Wildman–Crippen MR) is 107 cm³/mol. The quantitative estimate of drug-likeness (QED) is 0.297. The number of hydrogen-bond acceptors (Lipinski definition) is 6. The molecule has 30 heavy (non-hydrogen) atoms. The van der Waals surface area contributed by atoms with Crippen molar-refractivity contribution in [3.63, 3.8) is 0 Å². The lowest BCUT2D eigenvalue weighted by molar-refractivity contribution is -0.384. The number of nitro groups is 1. The van der Waals surface area contributed by atoms with E-state index in [1.807, 2.05) is 0 Å². The van der Waals surface area contributed by atoms with Gasteiger partial charge in [-0.1, -0.05) is 12.1 Å². The SMILES string of the molecule is O=C(Nc1ccccc1O)c1ccc(N2C(=O)c3ccc([N+](=O)[O-])cc3C2=O)cc1. The summed E-state index contributed by atoms with van der Waals surface area (Å²) >= 11 is 0. The second-order valence-corrected chi connectivity index (χ2v) is 6.45. The molecule has 4 rings (SSSR count). The molecule has 1 aliphatic heterocycles. The number of nitrogens with zero attached hydrogens (tertiary/aromatic N) is 2. The van der Waals surface area contributed by atoms with Crippen LogP contribution in [-0.4, -0.2) is 27.8 Å². The van der Waals surface area contributed by atoms with Gasteiger partial charge in [-0.15, -0.1) is 0 Å². The van der Waals surface area contributed by atoms with Crippen molar-refractivity contribution < 1.29 is 24.4 Å². The first-order chi connectivity index (χ1) is 14.4. The maximum absolute atomic E-state index is 12.7. The summed E-state index contributed by atoms with van der Waals surface area (Å²) in [5.41, 5.74) is 0.459. The fourth-order valence-electron chi connectivity index (χ4n) is 3.11. The largest absolute Gasteiger partial charge is 0.506 e. The van der Waals surface area contributed by atoms with Gasteiger partial charge in [0.2, 0.25) is 0 Å². The number of phenolic OH excluding ortho intramolecular Hbond substituents is 1. The number of fused-ring (bicyclic) bond motifs is 1. The fraction of sp³-hybridized carbons (Fsp3) is 0. The molecule has 0 aromatic heterocycles. The molecule has 1 aliphatic rings. The number of carbonyl (C=O) groups excluding carboxylic acids is 3. The molecule has 3 amide bonds. The number of nitrogens with one attached hydrogen (secondary N) is 1. The van der Waals surface area contributed by atoms with E-state index in [9.17, 15) is 29.6 Å². The number of benzene rings is 3. The Morgan fingerprint density at radius 2 is 1.60 bits per heavy atom. The van der Waals surface area contributed by atoms with Crippen LogP contribution in [0.3, 0.4) is 0 Å². The van der Waals surface area contributed by atoms with Crippen molar-refractivity contribution in [2.24, 2.45) is 0 Å². The Morgan fingerprint density at radius 1 is 0.933 bits per heavy atom. The molecule has 3 aromatic rings. The highest BCUT2D eigenvalue weighted by Gasteiger charge is 2.37. The molecule has 0 unspecified atom stereocenters. The Bertz CT molecular complexity index is 1220. The standard InChI is InChI=1S/C21H13N3O6/c25-18-4-2-1-3-17(18)22-19(26)12-5-7-13(8-6-12)23-20(27)15-10-9-14(24(29)30)11-16(15)21(23)28/h1-11,25H,(H,22,26). The monoisotopic (exact) mass is 403 g/mol. The van der Waals surface area contributed by atoms with Crippen LogP contribution in [0.5, 0.6) is 5.75 Å². The molecule has 0 spiro atoms. The number of hydrogen-bond donors (Lipinski definition) is 2. The summed E-state index contributed by atoms with van der Waals surface area (Å²) in [6.45, 7) is 0. The number of amides is 3. The van der Waals surface area contributed by atoms with Crippen LogP contribution < -0.4 is 10.2 Å². The Hall–Kier alpha value is -4.53. The number of anilines is 2. The molecular formula is C21H13N3O6. The van der Waals surface area contributed by atoms with E-state index in [4.69, 9.17) is 0 Å². The second-order valence-electron chi connectivity index (χ2n) is 6.45. The van der Waals surface area contributed by atoms with Crippen molar-refractivity contribution in [2.45, 2.75) is 0 Å². The number of phenols is 1. The highest BCUT2D eigenvalue weighted by molar-refractivity contribution is 6.34. The van der Waals surface area contributed by atoms with E-state index < -0.39 is 22.6 Å². The Labute approximate surface area is 169 Å². The predicted octanol–water partition coefficient (Wildman–Crippen LogP) is 3.35. The first-order valence-corrected chi connectivity index (χ1v) is 8.73. The van der Waals surface area contributed by atoms with E-state index in [0.717, 1.165) is 11.0 Å². The molecule has 0 saturated heterocycles. The number of para-hydroxylation sites is 2. The molecule has 0 atom stereocenters. The van der Waals surface area contributed by atoms with Gasteiger partial charge in [0.15, 0.2) is 0 Å². The summed E-state index contributed by atoms with van der Waals surface area (Å²) in [5, 5.41) is 23.3. The lowest BCUT2D eigenvalue weighted by atomic mass is 10.1. The first kappa shape index (κ1) is 18.8. The van der Waals surface area contributed by atoms with Gasteiger partial charge in [-0.3, -0.25) is 24.5 Å². The molecule has 0 fully saturated rings. The van der Waals surface area contributed by atoms with Crippen LogP contribution in [0.1, 0.15) is 31.1 Å². The third kappa shape index (κ3) is 3.14. The molecular weight excluding hydrogens is 390 g/mol. The number of carbonyl (C=O) groups is 3. The third-order valence-corrected chi connectivity index (χ3v) is 4.62. The number of non-ortho nitro benzene ring substituents is 1. The van der Waals surface area contributed by atoms with E-state index in [1.54, 1.807) is 18.2 Å². The fourth-order valence-corrected chi connectivity index (χ4v) is 3.11. The zero-order valence-electron chi connectivity index (χ0n) is 15.2. The van der Waals surface area contributed by atoms with Gasteiger partial charge >= 0.3 is 0 Å². The van der Waals surface area contributed by atoms with Crippen LogP contribution in [0.15, 0.2) is 66.7 Å². The van der Waals surface area contributed by atoms with Crippen LogP contribution >= 0.6 is 0 Å². The van der Waals surface area contributed by atoms with E-state index in [2.05, 4.69) is 5.32 Å². The molecule has 148 valence electrons. The molecule has 0 saturated carbocycles. The molecule has 9 nitrogen and oxygen atoms in total. The minimum Gasteiger partial charge on any atom is -0.506 e. The Balaban J connectivity index is 1.58. The summed E-state index contributed by atoms with van der Waals surface area (Å²) in [6, 6.07) is 15.5. The van der Waals surface area contributed by atoms with Crippen molar-refractivity contribution in [1.82, 2.24) is 0 Å². The van der Waals surface area contributed by atoms with Gasteiger partial charge in [-0.2, -0.15) is 0 Å². The van der Waals surface area contributed by atoms with Crippen molar-refractivity contribution in [2.75, 3.05) is 10.2 Å². The molecule has 1 heterocycles. The van der Waals surface area contributed by atoms with Gasteiger partial charge in [-0.05, 0) is 42.5 Å². The normalized spacial score (nSPS) is 12.6. The Morgan fingerprint density at radius 3 is 2.27 bits per heavy atom. The molecule has 0 bridgehead atoms. The Kier molecular flexibility index (Phi) is 4.47. The summed E-state index contributed by atoms with van der Waals surface area (Å²) in [7, 11) is 0. The minimum absolute atomic E-state index is 0.0458. The van der Waals surface area contributed by atoms with Gasteiger partial charge in [-0.25, -0.2) is 4.90 Å². The smallest absolute Gasteiger partial charge is 0.270 e. The van der Waals surface area contributed by atoms with Crippen LogP contribution in [0.25, 0.3) is 0 Å². The van der Waals surface area contributed by atoms with Crippen molar-refractivity contribution in [3.05, 3.63) is 93.5 Å². The number of rotatable bonds is 4. The molecule has 9 heteroatoms. The van der Waals surface area contributed by atoms with Gasteiger partial charge in [0, 0.05) is 17.7 Å². The van der Waals surface area contributed by atoms with E-state index in [1.165, 1.54) is 42.5 Å². The zero-order chi connectivity index (χ0) is 21.4. The molecule has 0 radical (unpaired) electrons. The van der Waals surface area contributed by atoms with E-state index in [0.29, 0.717) is 0 Å². The van der Waals surface area contributed by atoms with Crippen LogP contribution in [-0.2, 0) is 0 Å². The van der Waals surface area contributed by atoms with Gasteiger partial charge in [0.05, 0.1) is 27.4 Å². The van der Waals surface area contributed by atoms with Crippen LogP contribution in [0.2, 0.25) is 0 Å². The van der Waals surface area contributed by atoms with Crippen molar-refractivity contribution in [3.8, 4) is 5.75 Å². The van der Waals surface area contributed by atoms with Crippen LogP contribution in [0, 0.1) is 10.1 Å². The topological polar surface area (TPSA) is 130 Å². The second kappa shape index (κ2) is 7.13. The summed E-state index contributed by atoms with van der Waals surface area (Å²) in [5.74, 6) is -1.84. The number of nitro benzene ring substituents is 1. The average Bonchev–Trinajstić information content (AvgIpc) is 2.99.